The Hall–Kier alpha value is -2.61. The smallest absolute Gasteiger partial charge is 0.238 e. The van der Waals surface area contributed by atoms with Gasteiger partial charge in [0, 0.05) is 30.4 Å². The summed E-state index contributed by atoms with van der Waals surface area (Å²) in [6.07, 6.45) is 1.99. The van der Waals surface area contributed by atoms with Crippen LogP contribution >= 0.6 is 0 Å². The molecule has 1 aromatic heterocycles. The molecule has 1 atom stereocenters. The summed E-state index contributed by atoms with van der Waals surface area (Å²) in [5.74, 6) is 2.65. The van der Waals surface area contributed by atoms with E-state index in [0.717, 1.165) is 25.9 Å². The molecule has 1 aliphatic rings. The molecule has 3 rings (SSSR count). The van der Waals surface area contributed by atoms with Crippen molar-refractivity contribution in [3.05, 3.63) is 29.9 Å². The quantitative estimate of drug-likeness (QED) is 0.845. The average Bonchev–Trinajstić information content (AvgIpc) is 3.08. The summed E-state index contributed by atoms with van der Waals surface area (Å²) >= 11 is 0. The third-order valence-electron chi connectivity index (χ3n) is 4.40. The maximum atomic E-state index is 12.4. The molecule has 0 bridgehead atoms. The average molecular weight is 360 g/mol. The van der Waals surface area contributed by atoms with Crippen LogP contribution in [0.25, 0.3) is 0 Å². The summed E-state index contributed by atoms with van der Waals surface area (Å²) in [6.45, 7) is 3.72. The number of rotatable bonds is 6. The number of amides is 1. The largest absolute Gasteiger partial charge is 0.497 e. The van der Waals surface area contributed by atoms with Crippen LogP contribution in [-0.2, 0) is 4.79 Å². The Balaban J connectivity index is 1.59. The van der Waals surface area contributed by atoms with E-state index in [-0.39, 0.29) is 11.8 Å². The Morgan fingerprint density at radius 2 is 2.04 bits per heavy atom. The molecule has 1 amide bonds. The van der Waals surface area contributed by atoms with Gasteiger partial charge in [-0.15, -0.1) is 0 Å². The van der Waals surface area contributed by atoms with Gasteiger partial charge < -0.3 is 19.3 Å². The fraction of sp³-hybridized carbons (Fsp3) is 0.500. The second-order valence-electron chi connectivity index (χ2n) is 6.40. The number of ether oxygens (including phenoxy) is 2. The van der Waals surface area contributed by atoms with Crippen LogP contribution < -0.4 is 14.8 Å². The van der Waals surface area contributed by atoms with Gasteiger partial charge in [0.25, 0.3) is 0 Å². The standard InChI is InChI=1S/C18H24N4O4/c1-12-19-18(26-21-12)13-5-4-6-22(10-13)11-17(23)20-14-7-15(24-2)9-16(8-14)25-3/h7-9,13H,4-6,10-11H2,1-3H3,(H,20,23). The van der Waals surface area contributed by atoms with Crippen molar-refractivity contribution < 1.29 is 18.8 Å². The van der Waals surface area contributed by atoms with E-state index in [2.05, 4.69) is 20.4 Å². The second kappa shape index (κ2) is 8.18. The van der Waals surface area contributed by atoms with Gasteiger partial charge in [0.1, 0.15) is 11.5 Å². The van der Waals surface area contributed by atoms with E-state index in [1.807, 2.05) is 6.92 Å². The van der Waals surface area contributed by atoms with E-state index in [4.69, 9.17) is 14.0 Å². The fourth-order valence-corrected chi connectivity index (χ4v) is 3.16. The Kier molecular flexibility index (Phi) is 5.72. The zero-order valence-electron chi connectivity index (χ0n) is 15.3. The number of nitrogens with one attached hydrogen (secondary N) is 1. The van der Waals surface area contributed by atoms with Crippen molar-refractivity contribution in [2.45, 2.75) is 25.7 Å². The van der Waals surface area contributed by atoms with Crippen LogP contribution in [0.4, 0.5) is 5.69 Å². The topological polar surface area (TPSA) is 89.7 Å². The number of likely N-dealkylation sites (tertiary alicyclic amines) is 1. The number of hydrogen-bond acceptors (Lipinski definition) is 7. The minimum Gasteiger partial charge on any atom is -0.497 e. The van der Waals surface area contributed by atoms with Gasteiger partial charge in [0.2, 0.25) is 11.8 Å². The molecule has 0 saturated carbocycles. The number of nitrogens with zero attached hydrogens (tertiary/aromatic N) is 3. The van der Waals surface area contributed by atoms with Crippen LogP contribution in [0.1, 0.15) is 30.5 Å². The number of methoxy groups -OCH3 is 2. The van der Waals surface area contributed by atoms with Crippen molar-refractivity contribution in [1.82, 2.24) is 15.0 Å². The molecule has 0 aliphatic carbocycles. The van der Waals surface area contributed by atoms with Gasteiger partial charge >= 0.3 is 0 Å². The minimum atomic E-state index is -0.0809. The molecule has 1 unspecified atom stereocenters. The fourth-order valence-electron chi connectivity index (χ4n) is 3.16. The number of aryl methyl sites for hydroxylation is 1. The molecule has 1 saturated heterocycles. The van der Waals surface area contributed by atoms with Gasteiger partial charge in [-0.05, 0) is 26.3 Å². The zero-order chi connectivity index (χ0) is 18.5. The van der Waals surface area contributed by atoms with Crippen LogP contribution in [0, 0.1) is 6.92 Å². The summed E-state index contributed by atoms with van der Waals surface area (Å²) in [5, 5.41) is 6.76. The summed E-state index contributed by atoms with van der Waals surface area (Å²) in [4.78, 5) is 18.9. The normalized spacial score (nSPS) is 17.7. The summed E-state index contributed by atoms with van der Waals surface area (Å²) in [6, 6.07) is 5.29. The minimum absolute atomic E-state index is 0.0809. The summed E-state index contributed by atoms with van der Waals surface area (Å²) in [5.41, 5.74) is 0.646. The third kappa shape index (κ3) is 4.51. The Morgan fingerprint density at radius 1 is 1.31 bits per heavy atom. The molecule has 1 fully saturated rings. The second-order valence-corrected chi connectivity index (χ2v) is 6.40. The lowest BCUT2D eigenvalue weighted by Crippen LogP contribution is -2.39. The van der Waals surface area contributed by atoms with Gasteiger partial charge in [-0.1, -0.05) is 5.16 Å². The highest BCUT2D eigenvalue weighted by Gasteiger charge is 2.26. The lowest BCUT2D eigenvalue weighted by Gasteiger charge is -2.30. The van der Waals surface area contributed by atoms with Crippen LogP contribution in [-0.4, -0.2) is 54.8 Å². The number of carbonyl (C=O) groups excluding carboxylic acids is 1. The van der Waals surface area contributed by atoms with E-state index in [1.165, 1.54) is 0 Å². The van der Waals surface area contributed by atoms with E-state index in [9.17, 15) is 4.79 Å². The third-order valence-corrected chi connectivity index (χ3v) is 4.40. The molecule has 2 aromatic rings. The predicted octanol–water partition coefficient (Wildman–Crippen LogP) is 2.21. The lowest BCUT2D eigenvalue weighted by atomic mass is 9.98. The highest BCUT2D eigenvalue weighted by Crippen LogP contribution is 2.27. The SMILES string of the molecule is COc1cc(NC(=O)CN2CCCC(c3nc(C)no3)C2)cc(OC)c1. The number of carbonyl (C=O) groups is 1. The van der Waals surface area contributed by atoms with Crippen molar-refractivity contribution in [3.63, 3.8) is 0 Å². The van der Waals surface area contributed by atoms with Crippen molar-refractivity contribution in [3.8, 4) is 11.5 Å². The number of aromatic nitrogens is 2. The summed E-state index contributed by atoms with van der Waals surface area (Å²) < 4.78 is 15.7. The number of hydrogen-bond donors (Lipinski definition) is 1. The van der Waals surface area contributed by atoms with Crippen LogP contribution in [0.5, 0.6) is 11.5 Å². The molecule has 8 nitrogen and oxygen atoms in total. The Morgan fingerprint density at radius 3 is 2.65 bits per heavy atom. The van der Waals surface area contributed by atoms with Crippen molar-refractivity contribution >= 4 is 11.6 Å². The molecule has 140 valence electrons. The first-order valence-electron chi connectivity index (χ1n) is 8.63. The molecule has 1 aliphatic heterocycles. The van der Waals surface area contributed by atoms with Gasteiger partial charge in [0.15, 0.2) is 5.82 Å². The van der Waals surface area contributed by atoms with Crippen LogP contribution in [0.3, 0.4) is 0 Å². The van der Waals surface area contributed by atoms with E-state index in [1.54, 1.807) is 32.4 Å². The van der Waals surface area contributed by atoms with E-state index < -0.39 is 0 Å². The monoisotopic (exact) mass is 360 g/mol. The highest BCUT2D eigenvalue weighted by atomic mass is 16.5. The molecule has 2 heterocycles. The lowest BCUT2D eigenvalue weighted by molar-refractivity contribution is -0.117. The molecule has 8 heteroatoms. The first-order chi connectivity index (χ1) is 12.6. The van der Waals surface area contributed by atoms with Gasteiger partial charge in [-0.3, -0.25) is 9.69 Å². The first-order valence-corrected chi connectivity index (χ1v) is 8.63. The first kappa shape index (κ1) is 18.2. The summed E-state index contributed by atoms with van der Waals surface area (Å²) in [7, 11) is 3.15. The maximum Gasteiger partial charge on any atom is 0.238 e. The molecule has 0 spiro atoms. The molecule has 0 radical (unpaired) electrons. The van der Waals surface area contributed by atoms with Gasteiger partial charge in [-0.2, -0.15) is 4.98 Å². The highest BCUT2D eigenvalue weighted by molar-refractivity contribution is 5.92. The predicted molar refractivity (Wildman–Crippen MR) is 95.6 cm³/mol. The van der Waals surface area contributed by atoms with E-state index >= 15 is 0 Å². The van der Waals surface area contributed by atoms with Crippen molar-refractivity contribution in [1.29, 1.82) is 0 Å². The zero-order valence-corrected chi connectivity index (χ0v) is 15.3. The number of anilines is 1. The van der Waals surface area contributed by atoms with Crippen LogP contribution in [0.2, 0.25) is 0 Å². The number of piperidine rings is 1. The Bertz CT molecular complexity index is 739. The van der Waals surface area contributed by atoms with Crippen molar-refractivity contribution in [2.24, 2.45) is 0 Å². The molecule has 1 N–H and O–H groups in total. The molecular formula is C18H24N4O4. The van der Waals surface area contributed by atoms with Gasteiger partial charge in [0.05, 0.1) is 26.7 Å². The van der Waals surface area contributed by atoms with Crippen LogP contribution in [0.15, 0.2) is 22.7 Å². The molecular weight excluding hydrogens is 336 g/mol. The molecule has 26 heavy (non-hydrogen) atoms. The van der Waals surface area contributed by atoms with E-state index in [0.29, 0.717) is 35.4 Å². The van der Waals surface area contributed by atoms with Gasteiger partial charge in [-0.25, -0.2) is 0 Å². The van der Waals surface area contributed by atoms with Crippen molar-refractivity contribution in [2.75, 3.05) is 39.2 Å². The maximum absolute atomic E-state index is 12.4. The molecule has 1 aromatic carbocycles. The number of benzene rings is 1. The Labute approximate surface area is 152 Å².